The highest BCUT2D eigenvalue weighted by Crippen LogP contribution is 2.29. The van der Waals surface area contributed by atoms with Crippen molar-refractivity contribution in [2.24, 2.45) is 0 Å². The Hall–Kier alpha value is -4.51. The van der Waals surface area contributed by atoms with Gasteiger partial charge in [-0.2, -0.15) is 0 Å². The van der Waals surface area contributed by atoms with Crippen LogP contribution < -0.4 is 16.0 Å². The molecule has 0 atom stereocenters. The summed E-state index contributed by atoms with van der Waals surface area (Å²) in [5.41, 5.74) is 3.75. The standard InChI is InChI=1S/C32H26N4O3S3/c1-21-8-5-9-22(16-21)17-26(34-30(38)23-10-3-2-4-11-23)31(39)33-24-12-6-13-25(18-24)41-20-29(37)36-32-35-27(19-42-32)28-14-7-15-40-28/h2-19H,20H2,1H3,(H,33,39)(H,34,38)(H,35,36,37)/b26-17+. The van der Waals surface area contributed by atoms with Gasteiger partial charge >= 0.3 is 0 Å². The summed E-state index contributed by atoms with van der Waals surface area (Å²) in [5, 5.41) is 12.9. The predicted octanol–water partition coefficient (Wildman–Crippen LogP) is 7.32. The number of carbonyl (C=O) groups is 3. The fraction of sp³-hybridized carbons (Fsp3) is 0.0625. The Morgan fingerprint density at radius 2 is 1.71 bits per heavy atom. The molecule has 0 aliphatic heterocycles. The first kappa shape index (κ1) is 29.0. The molecule has 2 aromatic heterocycles. The molecule has 0 bridgehead atoms. The van der Waals surface area contributed by atoms with Crippen LogP contribution in [0.15, 0.2) is 112 Å². The Bertz CT molecular complexity index is 1730. The van der Waals surface area contributed by atoms with Crippen molar-refractivity contribution < 1.29 is 14.4 Å². The zero-order valence-electron chi connectivity index (χ0n) is 22.5. The summed E-state index contributed by atoms with van der Waals surface area (Å²) < 4.78 is 0. The van der Waals surface area contributed by atoms with Crippen molar-refractivity contribution in [2.75, 3.05) is 16.4 Å². The van der Waals surface area contributed by atoms with Crippen LogP contribution >= 0.6 is 34.4 Å². The van der Waals surface area contributed by atoms with E-state index in [1.54, 1.807) is 59.9 Å². The number of nitrogens with zero attached hydrogens (tertiary/aromatic N) is 1. The molecular weight excluding hydrogens is 585 g/mol. The van der Waals surface area contributed by atoms with Crippen molar-refractivity contribution in [3.63, 3.8) is 0 Å². The lowest BCUT2D eigenvalue weighted by Gasteiger charge is -2.12. The first-order valence-electron chi connectivity index (χ1n) is 12.9. The molecule has 0 fully saturated rings. The second-order valence-corrected chi connectivity index (χ2v) is 12.0. The molecule has 10 heteroatoms. The lowest BCUT2D eigenvalue weighted by atomic mass is 10.1. The summed E-state index contributed by atoms with van der Waals surface area (Å²) >= 11 is 4.33. The maximum atomic E-state index is 13.4. The van der Waals surface area contributed by atoms with Crippen LogP contribution in [0.25, 0.3) is 16.6 Å². The highest BCUT2D eigenvalue weighted by Gasteiger charge is 2.16. The fourth-order valence-corrected chi connectivity index (χ4v) is 6.15. The van der Waals surface area contributed by atoms with Gasteiger partial charge < -0.3 is 16.0 Å². The lowest BCUT2D eigenvalue weighted by molar-refractivity contribution is -0.114. The van der Waals surface area contributed by atoms with Crippen LogP contribution in [0.5, 0.6) is 0 Å². The number of aryl methyl sites for hydroxylation is 1. The minimum Gasteiger partial charge on any atom is -0.321 e. The Morgan fingerprint density at radius 1 is 0.881 bits per heavy atom. The average Bonchev–Trinajstić information content (AvgIpc) is 3.69. The number of rotatable bonds is 10. The van der Waals surface area contributed by atoms with Crippen LogP contribution in [0.1, 0.15) is 21.5 Å². The maximum Gasteiger partial charge on any atom is 0.272 e. The Balaban J connectivity index is 1.23. The van der Waals surface area contributed by atoms with Crippen LogP contribution in [0.2, 0.25) is 0 Å². The number of thioether (sulfide) groups is 1. The normalized spacial score (nSPS) is 11.1. The summed E-state index contributed by atoms with van der Waals surface area (Å²) in [5.74, 6) is -0.848. The van der Waals surface area contributed by atoms with Crippen molar-refractivity contribution >= 4 is 69.1 Å². The van der Waals surface area contributed by atoms with Crippen LogP contribution in [-0.2, 0) is 9.59 Å². The van der Waals surface area contributed by atoms with Gasteiger partial charge in [-0.3, -0.25) is 14.4 Å². The van der Waals surface area contributed by atoms with Crippen molar-refractivity contribution in [3.05, 3.63) is 124 Å². The summed E-state index contributed by atoms with van der Waals surface area (Å²) in [6.45, 7) is 1.96. The summed E-state index contributed by atoms with van der Waals surface area (Å²) in [6, 6.07) is 27.5. The molecule has 0 saturated carbocycles. The molecule has 42 heavy (non-hydrogen) atoms. The minimum atomic E-state index is -0.467. The summed E-state index contributed by atoms with van der Waals surface area (Å²) in [4.78, 5) is 45.2. The number of hydrogen-bond donors (Lipinski definition) is 3. The highest BCUT2D eigenvalue weighted by atomic mass is 32.2. The van der Waals surface area contributed by atoms with Crippen molar-refractivity contribution in [1.29, 1.82) is 0 Å². The number of hydrogen-bond acceptors (Lipinski definition) is 7. The molecule has 0 unspecified atom stereocenters. The van der Waals surface area contributed by atoms with Crippen LogP contribution in [0.3, 0.4) is 0 Å². The third-order valence-corrected chi connectivity index (χ3v) is 8.51. The third kappa shape index (κ3) is 8.03. The van der Waals surface area contributed by atoms with Gasteiger partial charge in [-0.1, -0.05) is 60.2 Å². The quantitative estimate of drug-likeness (QED) is 0.114. The van der Waals surface area contributed by atoms with E-state index in [-0.39, 0.29) is 23.3 Å². The zero-order valence-corrected chi connectivity index (χ0v) is 24.9. The van der Waals surface area contributed by atoms with E-state index >= 15 is 0 Å². The zero-order chi connectivity index (χ0) is 29.3. The Morgan fingerprint density at radius 3 is 2.50 bits per heavy atom. The lowest BCUT2D eigenvalue weighted by Crippen LogP contribution is -2.30. The van der Waals surface area contributed by atoms with Gasteiger partial charge in [0.05, 0.1) is 16.3 Å². The molecule has 3 amide bonds. The number of benzene rings is 3. The van der Waals surface area contributed by atoms with Gasteiger partial charge in [-0.05, 0) is 60.3 Å². The van der Waals surface area contributed by atoms with E-state index in [9.17, 15) is 14.4 Å². The van der Waals surface area contributed by atoms with Gasteiger partial charge in [0, 0.05) is 21.5 Å². The maximum absolute atomic E-state index is 13.4. The van der Waals surface area contributed by atoms with E-state index in [0.29, 0.717) is 16.4 Å². The van der Waals surface area contributed by atoms with Crippen molar-refractivity contribution in [1.82, 2.24) is 10.3 Å². The van der Waals surface area contributed by atoms with E-state index < -0.39 is 5.91 Å². The van der Waals surface area contributed by atoms with E-state index in [1.807, 2.05) is 66.2 Å². The van der Waals surface area contributed by atoms with Gasteiger partial charge in [0.25, 0.3) is 11.8 Å². The molecule has 210 valence electrons. The molecule has 5 aromatic rings. The topological polar surface area (TPSA) is 100 Å². The third-order valence-electron chi connectivity index (χ3n) is 5.87. The Labute approximate surface area is 255 Å². The molecule has 0 spiro atoms. The summed E-state index contributed by atoms with van der Waals surface area (Å²) in [7, 11) is 0. The second-order valence-electron chi connectivity index (χ2n) is 9.13. The van der Waals surface area contributed by atoms with E-state index in [4.69, 9.17) is 0 Å². The molecule has 3 N–H and O–H groups in total. The van der Waals surface area contributed by atoms with Gasteiger partial charge in [0.15, 0.2) is 5.13 Å². The van der Waals surface area contributed by atoms with E-state index in [2.05, 4.69) is 20.9 Å². The van der Waals surface area contributed by atoms with Crippen molar-refractivity contribution in [3.8, 4) is 10.6 Å². The smallest absolute Gasteiger partial charge is 0.272 e. The van der Waals surface area contributed by atoms with E-state index in [0.717, 1.165) is 26.6 Å². The Kier molecular flexibility index (Phi) is 9.60. The first-order chi connectivity index (χ1) is 20.4. The number of thiophene rings is 1. The largest absolute Gasteiger partial charge is 0.321 e. The van der Waals surface area contributed by atoms with Crippen LogP contribution in [0, 0.1) is 6.92 Å². The molecule has 3 aromatic carbocycles. The van der Waals surface area contributed by atoms with E-state index in [1.165, 1.54) is 23.1 Å². The van der Waals surface area contributed by atoms with Gasteiger partial charge in [0.1, 0.15) is 5.70 Å². The van der Waals surface area contributed by atoms with Gasteiger partial charge in [0.2, 0.25) is 5.91 Å². The summed E-state index contributed by atoms with van der Waals surface area (Å²) in [6.07, 6.45) is 1.65. The first-order valence-corrected chi connectivity index (χ1v) is 15.7. The molecular formula is C32H26N4O3S3. The number of thiazole rings is 1. The molecule has 0 saturated heterocycles. The van der Waals surface area contributed by atoms with Crippen molar-refractivity contribution in [2.45, 2.75) is 11.8 Å². The molecule has 7 nitrogen and oxygen atoms in total. The number of carbonyl (C=O) groups excluding carboxylic acids is 3. The monoisotopic (exact) mass is 610 g/mol. The average molecular weight is 611 g/mol. The molecule has 0 radical (unpaired) electrons. The highest BCUT2D eigenvalue weighted by molar-refractivity contribution is 8.00. The molecule has 0 aliphatic carbocycles. The van der Waals surface area contributed by atoms with Crippen LogP contribution in [0.4, 0.5) is 10.8 Å². The SMILES string of the molecule is Cc1cccc(/C=C(/NC(=O)c2ccccc2)C(=O)Nc2cccc(SCC(=O)Nc3nc(-c4cccs4)cs3)c2)c1. The van der Waals surface area contributed by atoms with Gasteiger partial charge in [-0.25, -0.2) is 4.98 Å². The number of anilines is 2. The number of nitrogens with one attached hydrogen (secondary N) is 3. The minimum absolute atomic E-state index is 0.109. The predicted molar refractivity (Wildman–Crippen MR) is 173 cm³/mol. The second kappa shape index (κ2) is 13.9. The fourth-order valence-electron chi connectivity index (χ4n) is 3.90. The molecule has 2 heterocycles. The molecule has 5 rings (SSSR count). The molecule has 0 aliphatic rings. The number of aromatic nitrogens is 1. The van der Waals surface area contributed by atoms with Gasteiger partial charge in [-0.15, -0.1) is 34.4 Å². The number of amides is 3. The van der Waals surface area contributed by atoms with Crippen LogP contribution in [-0.4, -0.2) is 28.5 Å².